The van der Waals surface area contributed by atoms with E-state index in [0.29, 0.717) is 13.0 Å². The Labute approximate surface area is 89.0 Å². The second-order valence-corrected chi connectivity index (χ2v) is 4.01. The van der Waals surface area contributed by atoms with Crippen molar-refractivity contribution in [1.82, 2.24) is 9.80 Å². The van der Waals surface area contributed by atoms with Crippen LogP contribution in [0.25, 0.3) is 0 Å². The maximum atomic E-state index is 11.7. The highest BCUT2D eigenvalue weighted by molar-refractivity contribution is 6.02. The second kappa shape index (κ2) is 4.42. The lowest BCUT2D eigenvalue weighted by atomic mass is 10.3. The van der Waals surface area contributed by atoms with Gasteiger partial charge in [-0.15, -0.1) is 0 Å². The highest BCUT2D eigenvalue weighted by Crippen LogP contribution is 2.13. The fourth-order valence-corrected chi connectivity index (χ4v) is 1.54. The Kier molecular flexibility index (Phi) is 3.44. The number of carbonyl (C=O) groups excluding carboxylic acids is 3. The predicted molar refractivity (Wildman–Crippen MR) is 54.2 cm³/mol. The molecule has 0 aliphatic carbocycles. The number of nitrogens with zero attached hydrogens (tertiary/aromatic N) is 2. The topological polar surface area (TPSA) is 57.7 Å². The van der Waals surface area contributed by atoms with Gasteiger partial charge in [0.25, 0.3) is 5.91 Å². The molecule has 0 aromatic carbocycles. The summed E-state index contributed by atoms with van der Waals surface area (Å²) < 4.78 is 0. The Balaban J connectivity index is 2.61. The lowest BCUT2D eigenvalue weighted by Crippen LogP contribution is -2.38. The first-order valence-corrected chi connectivity index (χ1v) is 5.04. The molecule has 1 saturated heterocycles. The van der Waals surface area contributed by atoms with Gasteiger partial charge in [0.1, 0.15) is 12.3 Å². The van der Waals surface area contributed by atoms with Crippen molar-refractivity contribution in [2.45, 2.75) is 33.2 Å². The van der Waals surface area contributed by atoms with Gasteiger partial charge in [-0.3, -0.25) is 14.5 Å². The predicted octanol–water partition coefficient (Wildman–Crippen LogP) is 0.638. The molecule has 84 valence electrons. The van der Waals surface area contributed by atoms with Crippen LogP contribution in [0, 0.1) is 0 Å². The molecule has 0 radical (unpaired) electrons. The van der Waals surface area contributed by atoms with E-state index in [1.807, 2.05) is 0 Å². The fourth-order valence-electron chi connectivity index (χ4n) is 1.54. The molecule has 3 amide bonds. The number of imide groups is 1. The summed E-state index contributed by atoms with van der Waals surface area (Å²) >= 11 is 0. The number of ketones is 1. The molecular weight excluding hydrogens is 196 g/mol. The number of hydrogen-bond donors (Lipinski definition) is 0. The molecule has 0 aromatic rings. The zero-order valence-electron chi connectivity index (χ0n) is 9.32. The quantitative estimate of drug-likeness (QED) is 0.642. The monoisotopic (exact) mass is 212 g/mol. The van der Waals surface area contributed by atoms with E-state index >= 15 is 0 Å². The molecule has 0 N–H and O–H groups in total. The normalized spacial score (nSPS) is 16.8. The van der Waals surface area contributed by atoms with Gasteiger partial charge in [-0.05, 0) is 20.8 Å². The van der Waals surface area contributed by atoms with Crippen molar-refractivity contribution < 1.29 is 14.4 Å². The van der Waals surface area contributed by atoms with Crippen molar-refractivity contribution in [3.8, 4) is 0 Å². The zero-order valence-corrected chi connectivity index (χ0v) is 9.32. The van der Waals surface area contributed by atoms with Crippen molar-refractivity contribution in [3.63, 3.8) is 0 Å². The molecule has 0 aromatic heterocycles. The van der Waals surface area contributed by atoms with Gasteiger partial charge in [0.05, 0.1) is 0 Å². The molecule has 5 nitrogen and oxygen atoms in total. The average molecular weight is 212 g/mol. The zero-order chi connectivity index (χ0) is 11.6. The van der Waals surface area contributed by atoms with Crippen molar-refractivity contribution in [2.75, 3.05) is 13.1 Å². The molecule has 0 unspecified atom stereocenters. The van der Waals surface area contributed by atoms with Gasteiger partial charge in [0, 0.05) is 19.0 Å². The first kappa shape index (κ1) is 11.7. The Hall–Kier alpha value is -1.39. The number of amides is 3. The van der Waals surface area contributed by atoms with Gasteiger partial charge < -0.3 is 4.90 Å². The molecule has 15 heavy (non-hydrogen) atoms. The minimum absolute atomic E-state index is 0.0262. The minimum atomic E-state index is -0.281. The van der Waals surface area contributed by atoms with Gasteiger partial charge in [-0.1, -0.05) is 0 Å². The van der Waals surface area contributed by atoms with Crippen molar-refractivity contribution in [3.05, 3.63) is 0 Å². The molecule has 0 bridgehead atoms. The number of carbonyl (C=O) groups is 3. The van der Waals surface area contributed by atoms with Crippen LogP contribution in [0.2, 0.25) is 0 Å². The highest BCUT2D eigenvalue weighted by Gasteiger charge is 2.37. The van der Waals surface area contributed by atoms with Crippen molar-refractivity contribution >= 4 is 17.7 Å². The van der Waals surface area contributed by atoms with Crippen LogP contribution < -0.4 is 0 Å². The van der Waals surface area contributed by atoms with Crippen molar-refractivity contribution in [1.29, 1.82) is 0 Å². The summed E-state index contributed by atoms with van der Waals surface area (Å²) in [4.78, 5) is 36.6. The van der Waals surface area contributed by atoms with E-state index in [-0.39, 0.29) is 30.3 Å². The smallest absolute Gasteiger partial charge is 0.315 e. The summed E-state index contributed by atoms with van der Waals surface area (Å²) in [5, 5.41) is 0. The van der Waals surface area contributed by atoms with Crippen LogP contribution in [-0.2, 0) is 9.59 Å². The first-order valence-electron chi connectivity index (χ1n) is 5.04. The number of Topliss-reactive ketones (excluding diaryl/α,β-unsaturated/α-hetero) is 1. The molecule has 1 heterocycles. The number of urea groups is 1. The van der Waals surface area contributed by atoms with Crippen molar-refractivity contribution in [2.24, 2.45) is 0 Å². The number of hydrogen-bond acceptors (Lipinski definition) is 3. The Morgan fingerprint density at radius 2 is 2.00 bits per heavy atom. The van der Waals surface area contributed by atoms with E-state index in [1.54, 1.807) is 13.8 Å². The van der Waals surface area contributed by atoms with Gasteiger partial charge in [-0.25, -0.2) is 4.79 Å². The summed E-state index contributed by atoms with van der Waals surface area (Å²) in [6.45, 7) is 5.50. The average Bonchev–Trinajstić information content (AvgIpc) is 2.37. The van der Waals surface area contributed by atoms with E-state index < -0.39 is 0 Å². The molecular formula is C10H16N2O3. The maximum absolute atomic E-state index is 11.7. The van der Waals surface area contributed by atoms with E-state index in [2.05, 4.69) is 0 Å². The lowest BCUT2D eigenvalue weighted by Gasteiger charge is -2.19. The van der Waals surface area contributed by atoms with E-state index in [9.17, 15) is 14.4 Å². The molecule has 1 aliphatic rings. The van der Waals surface area contributed by atoms with Gasteiger partial charge in [-0.2, -0.15) is 0 Å². The highest BCUT2D eigenvalue weighted by atomic mass is 16.2. The molecule has 1 rings (SSSR count). The standard InChI is InChI=1S/C10H16N2O3/c1-7(2)12-9(14)6-11(10(12)15)5-4-8(3)13/h7H,4-6H2,1-3H3. The second-order valence-electron chi connectivity index (χ2n) is 4.01. The SMILES string of the molecule is CC(=O)CCN1CC(=O)N(C(C)C)C1=O. The summed E-state index contributed by atoms with van der Waals surface area (Å²) in [7, 11) is 0. The molecule has 0 spiro atoms. The van der Waals surface area contributed by atoms with Crippen LogP contribution in [0.3, 0.4) is 0 Å². The third-order valence-electron chi connectivity index (χ3n) is 2.32. The third kappa shape index (κ3) is 2.55. The maximum Gasteiger partial charge on any atom is 0.327 e. The molecule has 1 fully saturated rings. The van der Waals surface area contributed by atoms with Crippen LogP contribution in [-0.4, -0.2) is 46.7 Å². The summed E-state index contributed by atoms with van der Waals surface area (Å²) in [5.41, 5.74) is 0. The van der Waals surface area contributed by atoms with Crippen LogP contribution in [0.15, 0.2) is 0 Å². The van der Waals surface area contributed by atoms with E-state index in [0.717, 1.165) is 0 Å². The van der Waals surface area contributed by atoms with Gasteiger partial charge in [0.15, 0.2) is 0 Å². The first-order chi connectivity index (χ1) is 6.93. The number of rotatable bonds is 4. The molecule has 0 saturated carbocycles. The van der Waals surface area contributed by atoms with E-state index in [4.69, 9.17) is 0 Å². The molecule has 0 atom stereocenters. The minimum Gasteiger partial charge on any atom is -0.315 e. The summed E-state index contributed by atoms with van der Waals surface area (Å²) in [6.07, 6.45) is 0.310. The van der Waals surface area contributed by atoms with Crippen LogP contribution in [0.5, 0.6) is 0 Å². The Morgan fingerprint density at radius 1 is 1.40 bits per heavy atom. The Morgan fingerprint density at radius 3 is 2.40 bits per heavy atom. The van der Waals surface area contributed by atoms with Crippen LogP contribution >= 0.6 is 0 Å². The van der Waals surface area contributed by atoms with Gasteiger partial charge in [0.2, 0.25) is 0 Å². The fraction of sp³-hybridized carbons (Fsp3) is 0.700. The summed E-state index contributed by atoms with van der Waals surface area (Å²) in [5.74, 6) is -0.156. The Bertz CT molecular complexity index is 299. The lowest BCUT2D eigenvalue weighted by molar-refractivity contribution is -0.126. The largest absolute Gasteiger partial charge is 0.327 e. The third-order valence-corrected chi connectivity index (χ3v) is 2.32. The van der Waals surface area contributed by atoms with Gasteiger partial charge >= 0.3 is 6.03 Å². The molecule has 1 aliphatic heterocycles. The van der Waals surface area contributed by atoms with Crippen LogP contribution in [0.1, 0.15) is 27.2 Å². The summed E-state index contributed by atoms with van der Waals surface area (Å²) in [6, 6.07) is -0.399. The molecule has 5 heteroatoms. The van der Waals surface area contributed by atoms with Crippen LogP contribution in [0.4, 0.5) is 4.79 Å². The van der Waals surface area contributed by atoms with E-state index in [1.165, 1.54) is 16.7 Å².